The molecule has 0 saturated carbocycles. The zero-order valence-corrected chi connectivity index (χ0v) is 11.2. The highest BCUT2D eigenvalue weighted by molar-refractivity contribution is 5.29. The SMILES string of the molecule is CCCOc1ccc(C(NC)C(C)OC)cc1. The van der Waals surface area contributed by atoms with E-state index >= 15 is 0 Å². The number of nitrogens with one attached hydrogen (secondary N) is 1. The minimum absolute atomic E-state index is 0.141. The molecular formula is C14H23NO2. The summed E-state index contributed by atoms with van der Waals surface area (Å²) in [4.78, 5) is 0. The molecule has 0 radical (unpaired) electrons. The second kappa shape index (κ2) is 7.30. The molecule has 0 aliphatic carbocycles. The smallest absolute Gasteiger partial charge is 0.119 e. The largest absolute Gasteiger partial charge is 0.494 e. The van der Waals surface area contributed by atoms with Crippen molar-refractivity contribution in [2.75, 3.05) is 20.8 Å². The van der Waals surface area contributed by atoms with Crippen molar-refractivity contribution in [3.8, 4) is 5.75 Å². The lowest BCUT2D eigenvalue weighted by molar-refractivity contribution is 0.0856. The summed E-state index contributed by atoms with van der Waals surface area (Å²) in [6, 6.07) is 8.40. The van der Waals surface area contributed by atoms with Crippen LogP contribution in [0, 0.1) is 0 Å². The molecule has 1 rings (SSSR count). The average Bonchev–Trinajstić information content (AvgIpc) is 2.38. The Hall–Kier alpha value is -1.06. The van der Waals surface area contributed by atoms with Gasteiger partial charge in [0.15, 0.2) is 0 Å². The third kappa shape index (κ3) is 4.02. The van der Waals surface area contributed by atoms with Gasteiger partial charge in [0.25, 0.3) is 0 Å². The molecule has 0 amide bonds. The van der Waals surface area contributed by atoms with E-state index in [-0.39, 0.29) is 12.1 Å². The molecule has 0 aromatic heterocycles. The minimum Gasteiger partial charge on any atom is -0.494 e. The quantitative estimate of drug-likeness (QED) is 0.791. The molecule has 0 heterocycles. The van der Waals surface area contributed by atoms with Crippen LogP contribution in [0.3, 0.4) is 0 Å². The summed E-state index contributed by atoms with van der Waals surface area (Å²) < 4.78 is 10.9. The van der Waals surface area contributed by atoms with E-state index in [1.165, 1.54) is 5.56 Å². The van der Waals surface area contributed by atoms with E-state index < -0.39 is 0 Å². The van der Waals surface area contributed by atoms with Gasteiger partial charge < -0.3 is 14.8 Å². The Bertz CT molecular complexity index is 311. The first-order valence-corrected chi connectivity index (χ1v) is 6.15. The van der Waals surface area contributed by atoms with E-state index in [1.807, 2.05) is 19.2 Å². The van der Waals surface area contributed by atoms with Gasteiger partial charge in [0.1, 0.15) is 5.75 Å². The van der Waals surface area contributed by atoms with E-state index in [9.17, 15) is 0 Å². The fourth-order valence-electron chi connectivity index (χ4n) is 1.80. The van der Waals surface area contributed by atoms with Gasteiger partial charge in [-0.05, 0) is 38.1 Å². The molecule has 0 saturated heterocycles. The van der Waals surface area contributed by atoms with Crippen LogP contribution in [-0.2, 0) is 4.74 Å². The van der Waals surface area contributed by atoms with Gasteiger partial charge in [0.05, 0.1) is 18.8 Å². The number of hydrogen-bond acceptors (Lipinski definition) is 3. The number of ether oxygens (including phenoxy) is 2. The van der Waals surface area contributed by atoms with Crippen LogP contribution in [0.2, 0.25) is 0 Å². The summed E-state index contributed by atoms with van der Waals surface area (Å²) in [5.74, 6) is 0.926. The molecule has 2 atom stereocenters. The van der Waals surface area contributed by atoms with Gasteiger partial charge in [-0.25, -0.2) is 0 Å². The van der Waals surface area contributed by atoms with Gasteiger partial charge in [0, 0.05) is 7.11 Å². The summed E-state index contributed by atoms with van der Waals surface area (Å²) in [6.07, 6.45) is 1.17. The van der Waals surface area contributed by atoms with E-state index in [0.29, 0.717) is 0 Å². The Morgan fingerprint density at radius 2 is 1.88 bits per heavy atom. The highest BCUT2D eigenvalue weighted by atomic mass is 16.5. The monoisotopic (exact) mass is 237 g/mol. The Kier molecular flexibility index (Phi) is 6.01. The zero-order valence-electron chi connectivity index (χ0n) is 11.2. The van der Waals surface area contributed by atoms with Crippen LogP contribution in [0.4, 0.5) is 0 Å². The van der Waals surface area contributed by atoms with Crippen molar-refractivity contribution in [1.29, 1.82) is 0 Å². The maximum absolute atomic E-state index is 5.56. The molecule has 1 aromatic rings. The Labute approximate surface area is 104 Å². The summed E-state index contributed by atoms with van der Waals surface area (Å²) in [5, 5.41) is 3.27. The van der Waals surface area contributed by atoms with Crippen LogP contribution in [0.5, 0.6) is 5.75 Å². The van der Waals surface area contributed by atoms with Gasteiger partial charge in [-0.1, -0.05) is 19.1 Å². The second-order valence-corrected chi connectivity index (χ2v) is 4.12. The fraction of sp³-hybridized carbons (Fsp3) is 0.571. The van der Waals surface area contributed by atoms with Crippen molar-refractivity contribution in [3.63, 3.8) is 0 Å². The number of benzene rings is 1. The summed E-state index contributed by atoms with van der Waals surface area (Å²) >= 11 is 0. The van der Waals surface area contributed by atoms with Crippen LogP contribution >= 0.6 is 0 Å². The van der Waals surface area contributed by atoms with Crippen molar-refractivity contribution < 1.29 is 9.47 Å². The molecule has 0 aliphatic heterocycles. The first kappa shape index (κ1) is 14.0. The van der Waals surface area contributed by atoms with Crippen LogP contribution in [0.1, 0.15) is 31.9 Å². The third-order valence-electron chi connectivity index (χ3n) is 2.86. The minimum atomic E-state index is 0.141. The van der Waals surface area contributed by atoms with Crippen LogP contribution in [0.25, 0.3) is 0 Å². The standard InChI is InChI=1S/C14H23NO2/c1-5-10-17-13-8-6-12(7-9-13)14(15-3)11(2)16-4/h6-9,11,14-15H,5,10H2,1-4H3. The maximum atomic E-state index is 5.56. The molecule has 3 heteroatoms. The van der Waals surface area contributed by atoms with Crippen LogP contribution < -0.4 is 10.1 Å². The van der Waals surface area contributed by atoms with E-state index in [1.54, 1.807) is 7.11 Å². The highest BCUT2D eigenvalue weighted by Crippen LogP contribution is 2.21. The number of methoxy groups -OCH3 is 1. The molecule has 0 bridgehead atoms. The lowest BCUT2D eigenvalue weighted by Gasteiger charge is -2.22. The number of rotatable bonds is 7. The molecule has 2 unspecified atom stereocenters. The van der Waals surface area contributed by atoms with E-state index in [4.69, 9.17) is 9.47 Å². The number of hydrogen-bond donors (Lipinski definition) is 1. The molecule has 17 heavy (non-hydrogen) atoms. The summed E-state index contributed by atoms with van der Waals surface area (Å²) in [7, 11) is 3.68. The number of likely N-dealkylation sites (N-methyl/N-ethyl adjacent to an activating group) is 1. The summed E-state index contributed by atoms with van der Waals surface area (Å²) in [6.45, 7) is 4.93. The van der Waals surface area contributed by atoms with Gasteiger partial charge in [-0.2, -0.15) is 0 Å². The maximum Gasteiger partial charge on any atom is 0.119 e. The summed E-state index contributed by atoms with van der Waals surface area (Å²) in [5.41, 5.74) is 1.21. The molecular weight excluding hydrogens is 214 g/mol. The molecule has 1 N–H and O–H groups in total. The van der Waals surface area contributed by atoms with Gasteiger partial charge in [0.2, 0.25) is 0 Å². The Morgan fingerprint density at radius 1 is 1.24 bits per heavy atom. The van der Waals surface area contributed by atoms with Crippen LogP contribution in [0.15, 0.2) is 24.3 Å². The normalized spacial score (nSPS) is 14.4. The third-order valence-corrected chi connectivity index (χ3v) is 2.86. The van der Waals surface area contributed by atoms with Crippen molar-refractivity contribution >= 4 is 0 Å². The van der Waals surface area contributed by atoms with Crippen molar-refractivity contribution in [3.05, 3.63) is 29.8 Å². The van der Waals surface area contributed by atoms with E-state index in [2.05, 4.69) is 31.3 Å². The molecule has 3 nitrogen and oxygen atoms in total. The lowest BCUT2D eigenvalue weighted by Crippen LogP contribution is -2.28. The predicted molar refractivity (Wildman–Crippen MR) is 70.5 cm³/mol. The molecule has 0 aliphatic rings. The van der Waals surface area contributed by atoms with Gasteiger partial charge in [-0.3, -0.25) is 0 Å². The molecule has 0 fully saturated rings. The Morgan fingerprint density at radius 3 is 2.35 bits per heavy atom. The Balaban J connectivity index is 2.71. The average molecular weight is 237 g/mol. The van der Waals surface area contributed by atoms with Crippen molar-refractivity contribution in [2.45, 2.75) is 32.4 Å². The highest BCUT2D eigenvalue weighted by Gasteiger charge is 2.16. The second-order valence-electron chi connectivity index (χ2n) is 4.12. The lowest BCUT2D eigenvalue weighted by atomic mass is 10.0. The molecule has 1 aromatic carbocycles. The first-order chi connectivity index (χ1) is 8.22. The van der Waals surface area contributed by atoms with Crippen molar-refractivity contribution in [1.82, 2.24) is 5.32 Å². The molecule has 96 valence electrons. The van der Waals surface area contributed by atoms with Crippen LogP contribution in [-0.4, -0.2) is 26.9 Å². The van der Waals surface area contributed by atoms with Gasteiger partial charge >= 0.3 is 0 Å². The topological polar surface area (TPSA) is 30.5 Å². The van der Waals surface area contributed by atoms with Gasteiger partial charge in [-0.15, -0.1) is 0 Å². The fourth-order valence-corrected chi connectivity index (χ4v) is 1.80. The zero-order chi connectivity index (χ0) is 12.7. The van der Waals surface area contributed by atoms with E-state index in [0.717, 1.165) is 18.8 Å². The van der Waals surface area contributed by atoms with Crippen molar-refractivity contribution in [2.24, 2.45) is 0 Å². The molecule has 0 spiro atoms. The first-order valence-electron chi connectivity index (χ1n) is 6.15. The predicted octanol–water partition coefficient (Wildman–Crippen LogP) is 2.77.